The number of hydrogen-bond donors (Lipinski definition) is 1. The van der Waals surface area contributed by atoms with Crippen LogP contribution in [0.2, 0.25) is 0 Å². The lowest BCUT2D eigenvalue weighted by Gasteiger charge is -2.10. The Balaban J connectivity index is 1.48. The highest BCUT2D eigenvalue weighted by atomic mass is 16.3. The number of carbonyl (C=O) groups excluding carboxylic acids is 1. The minimum Gasteiger partial charge on any atom is -0.463 e. The van der Waals surface area contributed by atoms with Crippen molar-refractivity contribution in [2.45, 2.75) is 32.9 Å². The molecule has 4 aromatic heterocycles. The molecule has 0 saturated heterocycles. The molecule has 0 radical (unpaired) electrons. The van der Waals surface area contributed by atoms with E-state index < -0.39 is 0 Å². The first kappa shape index (κ1) is 17.1. The Labute approximate surface area is 154 Å². The molecule has 9 heteroatoms. The molecule has 0 bridgehead atoms. The van der Waals surface area contributed by atoms with Crippen LogP contribution in [0, 0.1) is 0 Å². The molecule has 140 valence electrons. The van der Waals surface area contributed by atoms with Crippen molar-refractivity contribution in [3.63, 3.8) is 0 Å². The van der Waals surface area contributed by atoms with Gasteiger partial charge in [-0.25, -0.2) is 9.67 Å². The smallest absolute Gasteiger partial charge is 0.291 e. The Hall–Kier alpha value is -3.36. The van der Waals surface area contributed by atoms with E-state index >= 15 is 0 Å². The number of amides is 1. The number of fused-ring (bicyclic) bond motifs is 3. The van der Waals surface area contributed by atoms with Crippen molar-refractivity contribution in [3.05, 3.63) is 53.3 Å². The van der Waals surface area contributed by atoms with Crippen molar-refractivity contribution >= 4 is 22.5 Å². The topological polar surface area (TPSA) is 99.4 Å². The molecular weight excluding hydrogens is 348 g/mol. The summed E-state index contributed by atoms with van der Waals surface area (Å²) in [7, 11) is 0. The number of nitrogens with one attached hydrogen (secondary N) is 1. The van der Waals surface area contributed by atoms with Gasteiger partial charge in [-0.05, 0) is 6.42 Å². The molecule has 0 aliphatic heterocycles. The number of rotatable bonds is 7. The second kappa shape index (κ2) is 7.10. The lowest BCUT2D eigenvalue weighted by Crippen LogP contribution is -2.35. The van der Waals surface area contributed by atoms with Crippen molar-refractivity contribution in [2.75, 3.05) is 6.54 Å². The molecule has 0 spiro atoms. The molecule has 0 aliphatic rings. The second-order valence-corrected chi connectivity index (χ2v) is 6.27. The van der Waals surface area contributed by atoms with Gasteiger partial charge < -0.3 is 14.3 Å². The Kier molecular flexibility index (Phi) is 4.49. The summed E-state index contributed by atoms with van der Waals surface area (Å²) in [5.74, 6) is 0.464. The Morgan fingerprint density at radius 3 is 3.00 bits per heavy atom. The van der Waals surface area contributed by atoms with E-state index in [1.54, 1.807) is 35.3 Å². The van der Waals surface area contributed by atoms with Gasteiger partial charge in [0.1, 0.15) is 17.9 Å². The van der Waals surface area contributed by atoms with E-state index in [2.05, 4.69) is 15.4 Å². The van der Waals surface area contributed by atoms with E-state index in [-0.39, 0.29) is 18.0 Å². The number of aryl methyl sites for hydroxylation is 2. The van der Waals surface area contributed by atoms with Crippen molar-refractivity contribution in [2.24, 2.45) is 0 Å². The van der Waals surface area contributed by atoms with E-state index in [4.69, 9.17) is 4.42 Å². The number of furan rings is 1. The quantitative estimate of drug-likeness (QED) is 0.494. The van der Waals surface area contributed by atoms with Crippen LogP contribution >= 0.6 is 0 Å². The van der Waals surface area contributed by atoms with Gasteiger partial charge in [-0.15, -0.1) is 0 Å². The summed E-state index contributed by atoms with van der Waals surface area (Å²) in [5.41, 5.74) is 1.59. The molecule has 1 N–H and O–H groups in total. The van der Waals surface area contributed by atoms with Crippen LogP contribution in [0.4, 0.5) is 0 Å². The van der Waals surface area contributed by atoms with E-state index in [1.807, 2.05) is 17.7 Å². The first-order chi connectivity index (χ1) is 13.2. The van der Waals surface area contributed by atoms with Gasteiger partial charge in [-0.1, -0.05) is 6.92 Å². The van der Waals surface area contributed by atoms with Gasteiger partial charge in [0.2, 0.25) is 5.91 Å². The lowest BCUT2D eigenvalue weighted by molar-refractivity contribution is -0.121. The van der Waals surface area contributed by atoms with Gasteiger partial charge in [0.25, 0.3) is 5.56 Å². The number of nitrogens with zero attached hydrogens (tertiary/aromatic N) is 5. The zero-order valence-electron chi connectivity index (χ0n) is 15.0. The molecule has 0 aliphatic carbocycles. The fraction of sp³-hybridized carbons (Fsp3) is 0.333. The SMILES string of the molecule is CCc1nn(CC(=O)NCCCn2ccnc2)c(=O)c2cc3occc3n12. The largest absolute Gasteiger partial charge is 0.463 e. The van der Waals surface area contributed by atoms with Crippen LogP contribution in [0.3, 0.4) is 0 Å². The van der Waals surface area contributed by atoms with Crippen molar-refractivity contribution in [1.29, 1.82) is 0 Å². The van der Waals surface area contributed by atoms with Gasteiger partial charge in [0.15, 0.2) is 5.58 Å². The van der Waals surface area contributed by atoms with Crippen LogP contribution in [0.25, 0.3) is 16.6 Å². The third-order valence-electron chi connectivity index (χ3n) is 4.45. The number of hydrogen-bond acceptors (Lipinski definition) is 5. The van der Waals surface area contributed by atoms with E-state index in [9.17, 15) is 9.59 Å². The summed E-state index contributed by atoms with van der Waals surface area (Å²) in [6.07, 6.45) is 8.31. The highest BCUT2D eigenvalue weighted by Crippen LogP contribution is 2.20. The fourth-order valence-electron chi connectivity index (χ4n) is 3.16. The Morgan fingerprint density at radius 2 is 2.22 bits per heavy atom. The normalized spacial score (nSPS) is 11.4. The minimum atomic E-state index is -0.313. The first-order valence-corrected chi connectivity index (χ1v) is 8.88. The zero-order chi connectivity index (χ0) is 18.8. The maximum Gasteiger partial charge on any atom is 0.291 e. The summed E-state index contributed by atoms with van der Waals surface area (Å²) >= 11 is 0. The predicted octanol–water partition coefficient (Wildman–Crippen LogP) is 1.21. The molecule has 4 aromatic rings. The van der Waals surface area contributed by atoms with Gasteiger partial charge in [0.05, 0.1) is 18.1 Å². The predicted molar refractivity (Wildman–Crippen MR) is 98.5 cm³/mol. The third-order valence-corrected chi connectivity index (χ3v) is 4.45. The summed E-state index contributed by atoms with van der Waals surface area (Å²) in [5, 5.41) is 7.21. The molecule has 4 rings (SSSR count). The average molecular weight is 368 g/mol. The molecule has 0 fully saturated rings. The van der Waals surface area contributed by atoms with Crippen LogP contribution in [0.1, 0.15) is 19.2 Å². The summed E-state index contributed by atoms with van der Waals surface area (Å²) in [6, 6.07) is 3.50. The maximum atomic E-state index is 12.7. The minimum absolute atomic E-state index is 0.111. The highest BCUT2D eigenvalue weighted by molar-refractivity contribution is 5.82. The fourth-order valence-corrected chi connectivity index (χ4v) is 3.16. The third kappa shape index (κ3) is 3.23. The maximum absolute atomic E-state index is 12.7. The molecule has 9 nitrogen and oxygen atoms in total. The molecule has 0 atom stereocenters. The molecule has 0 saturated carbocycles. The van der Waals surface area contributed by atoms with Crippen LogP contribution in [0.5, 0.6) is 0 Å². The van der Waals surface area contributed by atoms with Crippen LogP contribution in [-0.2, 0) is 24.3 Å². The van der Waals surface area contributed by atoms with Gasteiger partial charge in [-0.3, -0.25) is 14.0 Å². The molecule has 0 unspecified atom stereocenters. The van der Waals surface area contributed by atoms with Crippen LogP contribution < -0.4 is 10.9 Å². The Morgan fingerprint density at radius 1 is 1.33 bits per heavy atom. The average Bonchev–Trinajstić information content (AvgIpc) is 3.38. The molecule has 4 heterocycles. The molecule has 0 aromatic carbocycles. The number of imidazole rings is 1. The highest BCUT2D eigenvalue weighted by Gasteiger charge is 2.16. The second-order valence-electron chi connectivity index (χ2n) is 6.27. The van der Waals surface area contributed by atoms with Crippen LogP contribution in [-0.4, -0.2) is 36.2 Å². The lowest BCUT2D eigenvalue weighted by atomic mass is 10.4. The number of carbonyl (C=O) groups is 1. The zero-order valence-corrected chi connectivity index (χ0v) is 15.0. The molecule has 1 amide bonds. The number of aromatic nitrogens is 5. The van der Waals surface area contributed by atoms with Crippen molar-refractivity contribution in [1.82, 2.24) is 29.0 Å². The van der Waals surface area contributed by atoms with Gasteiger partial charge in [-0.2, -0.15) is 5.10 Å². The van der Waals surface area contributed by atoms with E-state index in [1.165, 1.54) is 4.68 Å². The molecule has 27 heavy (non-hydrogen) atoms. The first-order valence-electron chi connectivity index (χ1n) is 8.88. The summed E-state index contributed by atoms with van der Waals surface area (Å²) in [4.78, 5) is 28.9. The van der Waals surface area contributed by atoms with E-state index in [0.717, 1.165) is 18.5 Å². The molecular formula is C18H20N6O3. The van der Waals surface area contributed by atoms with Gasteiger partial charge >= 0.3 is 0 Å². The van der Waals surface area contributed by atoms with Gasteiger partial charge in [0, 0.05) is 44.0 Å². The monoisotopic (exact) mass is 368 g/mol. The van der Waals surface area contributed by atoms with Crippen molar-refractivity contribution < 1.29 is 9.21 Å². The van der Waals surface area contributed by atoms with E-state index in [0.29, 0.717) is 29.9 Å². The standard InChI is InChI=1S/C18H20N6O3/c1-2-16-21-23(11-17(25)20-5-3-7-22-8-6-19-12-22)18(26)14-10-15-13(24(14)16)4-9-27-15/h4,6,8-10,12H,2-3,5,7,11H2,1H3,(H,20,25). The Bertz CT molecular complexity index is 1140. The summed E-state index contributed by atoms with van der Waals surface area (Å²) < 4.78 is 10.4. The van der Waals surface area contributed by atoms with Crippen molar-refractivity contribution in [3.8, 4) is 0 Å². The summed E-state index contributed by atoms with van der Waals surface area (Å²) in [6.45, 7) is 3.14. The van der Waals surface area contributed by atoms with Crippen LogP contribution in [0.15, 0.2) is 46.3 Å².